The molecule has 0 fully saturated rings. The lowest BCUT2D eigenvalue weighted by Gasteiger charge is -2.34. The van der Waals surface area contributed by atoms with Crippen LogP contribution in [0.1, 0.15) is 37.5 Å². The average Bonchev–Trinajstić information content (AvgIpc) is 2.83. The van der Waals surface area contributed by atoms with Crippen LogP contribution in [0.2, 0.25) is 0 Å². The molecule has 0 aliphatic carbocycles. The lowest BCUT2D eigenvalue weighted by atomic mass is 9.95. The molecule has 3 aromatic carbocycles. The highest BCUT2D eigenvalue weighted by molar-refractivity contribution is 7.93. The van der Waals surface area contributed by atoms with Gasteiger partial charge in [0.15, 0.2) is 29.5 Å². The van der Waals surface area contributed by atoms with Crippen LogP contribution >= 0.6 is 0 Å². The molecule has 41 heavy (non-hydrogen) atoms. The fourth-order valence-electron chi connectivity index (χ4n) is 4.27. The van der Waals surface area contributed by atoms with E-state index in [0.717, 1.165) is 16.7 Å². The summed E-state index contributed by atoms with van der Waals surface area (Å²) in [6.07, 6.45) is 0. The monoisotopic (exact) mass is 620 g/mol. The standard InChI is InChI=1S/C30H36O8S3/c1-22-7-13-25(14-8-22)39(32,33)19-30(28(31)38-29(4,5)6,20-40(34,35)26-15-9-23(2)10-16-26)21-41(36,37)27-17-11-24(3)12-18-27/h7-18H,19-21H2,1-6H3. The van der Waals surface area contributed by atoms with Gasteiger partial charge in [-0.1, -0.05) is 53.1 Å². The molecule has 11 heteroatoms. The van der Waals surface area contributed by atoms with E-state index in [0.29, 0.717) is 0 Å². The lowest BCUT2D eigenvalue weighted by Crippen LogP contribution is -2.51. The van der Waals surface area contributed by atoms with Crippen LogP contribution in [0.15, 0.2) is 87.5 Å². The molecule has 0 aromatic heterocycles. The Bertz CT molecular complexity index is 1530. The molecule has 0 N–H and O–H groups in total. The number of carbonyl (C=O) groups excluding carboxylic acids is 1. The van der Waals surface area contributed by atoms with Gasteiger partial charge in [-0.2, -0.15) is 0 Å². The highest BCUT2D eigenvalue weighted by atomic mass is 32.2. The van der Waals surface area contributed by atoms with Gasteiger partial charge in [-0.15, -0.1) is 0 Å². The zero-order valence-corrected chi connectivity index (χ0v) is 26.5. The molecule has 0 heterocycles. The molecule has 0 saturated carbocycles. The second-order valence-electron chi connectivity index (χ2n) is 11.5. The Hall–Kier alpha value is -3.02. The maximum atomic E-state index is 14.0. The minimum atomic E-state index is -4.39. The largest absolute Gasteiger partial charge is 0.459 e. The number of ether oxygens (including phenoxy) is 1. The normalized spacial score (nSPS) is 13.1. The fourth-order valence-corrected chi connectivity index (χ4v) is 9.95. The predicted octanol–water partition coefficient (Wildman–Crippen LogP) is 4.66. The molecule has 8 nitrogen and oxygen atoms in total. The smallest absolute Gasteiger partial charge is 0.315 e. The molecule has 0 spiro atoms. The molecule has 3 rings (SSSR count). The van der Waals surface area contributed by atoms with Crippen molar-refractivity contribution in [2.45, 2.75) is 61.8 Å². The third-order valence-corrected chi connectivity index (χ3v) is 12.1. The second kappa shape index (κ2) is 11.7. The van der Waals surface area contributed by atoms with E-state index in [2.05, 4.69) is 0 Å². The Morgan fingerprint density at radius 1 is 0.537 bits per heavy atom. The molecular weight excluding hydrogens is 585 g/mol. The second-order valence-corrected chi connectivity index (χ2v) is 17.5. The highest BCUT2D eigenvalue weighted by Gasteiger charge is 2.52. The van der Waals surface area contributed by atoms with Gasteiger partial charge in [-0.25, -0.2) is 25.3 Å². The molecule has 0 aliphatic rings. The summed E-state index contributed by atoms with van der Waals surface area (Å²) in [6, 6.07) is 17.4. The van der Waals surface area contributed by atoms with E-state index in [9.17, 15) is 30.0 Å². The van der Waals surface area contributed by atoms with E-state index in [1.807, 2.05) is 0 Å². The first-order valence-corrected chi connectivity index (χ1v) is 17.8. The Balaban J connectivity index is 2.28. The number of benzene rings is 3. The zero-order chi connectivity index (χ0) is 30.9. The number of hydrogen-bond acceptors (Lipinski definition) is 8. The van der Waals surface area contributed by atoms with Crippen molar-refractivity contribution in [1.82, 2.24) is 0 Å². The highest BCUT2D eigenvalue weighted by Crippen LogP contribution is 2.35. The van der Waals surface area contributed by atoms with Crippen LogP contribution in [-0.2, 0) is 39.0 Å². The van der Waals surface area contributed by atoms with Crippen molar-refractivity contribution in [2.75, 3.05) is 17.3 Å². The van der Waals surface area contributed by atoms with Gasteiger partial charge in [0.05, 0.1) is 31.9 Å². The summed E-state index contributed by atoms with van der Waals surface area (Å²) in [6.45, 7) is 9.91. The first-order valence-electron chi connectivity index (χ1n) is 12.9. The van der Waals surface area contributed by atoms with E-state index in [-0.39, 0.29) is 14.7 Å². The molecule has 0 bridgehead atoms. The third-order valence-electron chi connectivity index (χ3n) is 6.37. The Labute approximate surface area is 243 Å². The van der Waals surface area contributed by atoms with Crippen LogP contribution in [0.4, 0.5) is 0 Å². The van der Waals surface area contributed by atoms with Crippen LogP contribution in [-0.4, -0.2) is 54.1 Å². The van der Waals surface area contributed by atoms with Gasteiger partial charge in [0, 0.05) is 0 Å². The van der Waals surface area contributed by atoms with Crippen LogP contribution < -0.4 is 0 Å². The Kier molecular flexibility index (Phi) is 9.27. The van der Waals surface area contributed by atoms with Crippen molar-refractivity contribution in [3.63, 3.8) is 0 Å². The van der Waals surface area contributed by atoms with Crippen molar-refractivity contribution < 1.29 is 34.8 Å². The number of esters is 1. The maximum Gasteiger partial charge on any atom is 0.315 e. The number of carbonyl (C=O) groups is 1. The molecule has 0 radical (unpaired) electrons. The van der Waals surface area contributed by atoms with Crippen molar-refractivity contribution in [3.05, 3.63) is 89.5 Å². The van der Waals surface area contributed by atoms with Gasteiger partial charge in [0.1, 0.15) is 11.0 Å². The molecule has 0 atom stereocenters. The summed E-state index contributed by atoms with van der Waals surface area (Å²) in [5, 5.41) is 0. The van der Waals surface area contributed by atoms with Crippen molar-refractivity contribution in [3.8, 4) is 0 Å². The molecule has 222 valence electrons. The predicted molar refractivity (Wildman–Crippen MR) is 158 cm³/mol. The van der Waals surface area contributed by atoms with Gasteiger partial charge < -0.3 is 4.74 Å². The zero-order valence-electron chi connectivity index (χ0n) is 24.0. The molecule has 0 amide bonds. The summed E-state index contributed by atoms with van der Waals surface area (Å²) in [4.78, 5) is 13.4. The van der Waals surface area contributed by atoms with Crippen molar-refractivity contribution in [1.29, 1.82) is 0 Å². The van der Waals surface area contributed by atoms with E-state index in [1.165, 1.54) is 57.2 Å². The van der Waals surface area contributed by atoms with Crippen LogP contribution in [0, 0.1) is 26.2 Å². The first kappa shape index (κ1) is 32.5. The fraction of sp³-hybridized carbons (Fsp3) is 0.367. The van der Waals surface area contributed by atoms with Crippen molar-refractivity contribution in [2.24, 2.45) is 5.41 Å². The number of sulfone groups is 3. The van der Waals surface area contributed by atoms with E-state index < -0.39 is 63.8 Å². The van der Waals surface area contributed by atoms with Crippen molar-refractivity contribution >= 4 is 35.5 Å². The van der Waals surface area contributed by atoms with Gasteiger partial charge in [-0.05, 0) is 77.9 Å². The van der Waals surface area contributed by atoms with E-state index in [4.69, 9.17) is 4.74 Å². The summed E-state index contributed by atoms with van der Waals surface area (Å²) in [5.41, 5.74) is -1.33. The molecule has 3 aromatic rings. The number of rotatable bonds is 10. The number of aryl methyl sites for hydroxylation is 3. The molecule has 0 unspecified atom stereocenters. The SMILES string of the molecule is Cc1ccc(S(=O)(=O)CC(CS(=O)(=O)c2ccc(C)cc2)(CS(=O)(=O)c2ccc(C)cc2)C(=O)OC(C)(C)C)cc1. The number of hydrogen-bond donors (Lipinski definition) is 0. The van der Waals surface area contributed by atoms with E-state index >= 15 is 0 Å². The topological polar surface area (TPSA) is 129 Å². The lowest BCUT2D eigenvalue weighted by molar-refractivity contribution is -0.163. The summed E-state index contributed by atoms with van der Waals surface area (Å²) in [5.74, 6) is -4.54. The summed E-state index contributed by atoms with van der Waals surface area (Å²) < 4.78 is 88.2. The minimum absolute atomic E-state index is 0.170. The van der Waals surface area contributed by atoms with Gasteiger partial charge >= 0.3 is 5.97 Å². The maximum absolute atomic E-state index is 14.0. The van der Waals surface area contributed by atoms with Crippen LogP contribution in [0.25, 0.3) is 0 Å². The van der Waals surface area contributed by atoms with E-state index in [1.54, 1.807) is 57.2 Å². The quantitative estimate of drug-likeness (QED) is 0.299. The summed E-state index contributed by atoms with van der Waals surface area (Å²) in [7, 11) is -13.2. The molecule has 0 aliphatic heterocycles. The third kappa shape index (κ3) is 8.27. The van der Waals surface area contributed by atoms with Crippen LogP contribution in [0.3, 0.4) is 0 Å². The van der Waals surface area contributed by atoms with Crippen LogP contribution in [0.5, 0.6) is 0 Å². The Morgan fingerprint density at radius 3 is 1.00 bits per heavy atom. The van der Waals surface area contributed by atoms with Gasteiger partial charge in [0.2, 0.25) is 0 Å². The summed E-state index contributed by atoms with van der Waals surface area (Å²) >= 11 is 0. The molecule has 0 saturated heterocycles. The first-order chi connectivity index (χ1) is 18.7. The van der Waals surface area contributed by atoms with Gasteiger partial charge in [-0.3, -0.25) is 4.79 Å². The van der Waals surface area contributed by atoms with Gasteiger partial charge in [0.25, 0.3) is 0 Å². The molecular formula is C30H36O8S3. The minimum Gasteiger partial charge on any atom is -0.459 e. The Morgan fingerprint density at radius 2 is 0.780 bits per heavy atom. The average molecular weight is 621 g/mol.